The SMILES string of the molecule is Cc1ccccc1-n1ccc(=N)cn1.Cl. The Bertz CT molecular complexity index is 485. The van der Waals surface area contributed by atoms with Gasteiger partial charge in [-0.05, 0) is 24.6 Å². The first-order valence-corrected chi connectivity index (χ1v) is 4.43. The number of nitrogens with one attached hydrogen (secondary N) is 1. The summed E-state index contributed by atoms with van der Waals surface area (Å²) >= 11 is 0. The van der Waals surface area contributed by atoms with Gasteiger partial charge >= 0.3 is 0 Å². The Kier molecular flexibility index (Phi) is 3.63. The van der Waals surface area contributed by atoms with Gasteiger partial charge in [-0.15, -0.1) is 12.4 Å². The number of para-hydroxylation sites is 1. The first-order valence-electron chi connectivity index (χ1n) is 4.43. The second-order valence-electron chi connectivity index (χ2n) is 3.15. The van der Waals surface area contributed by atoms with E-state index in [1.807, 2.05) is 31.2 Å². The molecule has 2 aromatic rings. The fourth-order valence-corrected chi connectivity index (χ4v) is 1.32. The smallest absolute Gasteiger partial charge is 0.0756 e. The molecule has 0 aliphatic carbocycles. The molecule has 0 saturated heterocycles. The molecule has 1 heterocycles. The molecule has 1 N–H and O–H groups in total. The van der Waals surface area contributed by atoms with Gasteiger partial charge in [0, 0.05) is 6.20 Å². The van der Waals surface area contributed by atoms with Crippen molar-refractivity contribution in [2.45, 2.75) is 6.92 Å². The lowest BCUT2D eigenvalue weighted by Gasteiger charge is -2.06. The van der Waals surface area contributed by atoms with Gasteiger partial charge < -0.3 is 0 Å². The molecule has 0 amide bonds. The lowest BCUT2D eigenvalue weighted by molar-refractivity contribution is 0.823. The van der Waals surface area contributed by atoms with Crippen LogP contribution in [0, 0.1) is 12.3 Å². The standard InChI is InChI=1S/C11H11N3.ClH/c1-9-4-2-3-5-11(9)14-7-6-10(12)8-13-14;/h2-8,12H,1H3;1H. The average Bonchev–Trinajstić information content (AvgIpc) is 2.20. The fourth-order valence-electron chi connectivity index (χ4n) is 1.32. The zero-order valence-electron chi connectivity index (χ0n) is 8.34. The first kappa shape index (κ1) is 11.5. The molecule has 0 aliphatic rings. The molecule has 4 heteroatoms. The molecule has 0 fully saturated rings. The quantitative estimate of drug-likeness (QED) is 0.787. The maximum absolute atomic E-state index is 7.33. The molecule has 0 radical (unpaired) electrons. The van der Waals surface area contributed by atoms with Gasteiger partial charge in [0.05, 0.1) is 17.2 Å². The number of hydrogen-bond acceptors (Lipinski definition) is 2. The number of aryl methyl sites for hydroxylation is 1. The Morgan fingerprint density at radius 2 is 1.93 bits per heavy atom. The van der Waals surface area contributed by atoms with Crippen molar-refractivity contribution in [2.75, 3.05) is 0 Å². The van der Waals surface area contributed by atoms with Crippen LogP contribution >= 0.6 is 12.4 Å². The number of rotatable bonds is 1. The first-order chi connectivity index (χ1) is 6.77. The topological polar surface area (TPSA) is 41.7 Å². The minimum atomic E-state index is 0. The Morgan fingerprint density at radius 3 is 2.53 bits per heavy atom. The Morgan fingerprint density at radius 1 is 1.20 bits per heavy atom. The summed E-state index contributed by atoms with van der Waals surface area (Å²) < 4.78 is 1.77. The summed E-state index contributed by atoms with van der Waals surface area (Å²) in [6, 6.07) is 9.74. The number of nitrogens with zero attached hydrogens (tertiary/aromatic N) is 2. The van der Waals surface area contributed by atoms with Crippen LogP contribution in [0.4, 0.5) is 0 Å². The normalized spacial score (nSPS) is 9.40. The number of halogens is 1. The van der Waals surface area contributed by atoms with Crippen LogP contribution in [0.25, 0.3) is 5.69 Å². The minimum absolute atomic E-state index is 0. The highest BCUT2D eigenvalue weighted by atomic mass is 35.5. The third-order valence-electron chi connectivity index (χ3n) is 2.08. The molecule has 1 aromatic heterocycles. The van der Waals surface area contributed by atoms with E-state index in [1.54, 1.807) is 16.9 Å². The van der Waals surface area contributed by atoms with E-state index >= 15 is 0 Å². The molecule has 3 nitrogen and oxygen atoms in total. The van der Waals surface area contributed by atoms with E-state index < -0.39 is 0 Å². The molecule has 2 rings (SSSR count). The van der Waals surface area contributed by atoms with Gasteiger partial charge in [0.25, 0.3) is 0 Å². The maximum Gasteiger partial charge on any atom is 0.0756 e. The second-order valence-corrected chi connectivity index (χ2v) is 3.15. The van der Waals surface area contributed by atoms with Crippen LogP contribution < -0.4 is 5.36 Å². The lowest BCUT2D eigenvalue weighted by Crippen LogP contribution is -2.07. The van der Waals surface area contributed by atoms with Gasteiger partial charge in [0.1, 0.15) is 0 Å². The Balaban J connectivity index is 0.00000112. The van der Waals surface area contributed by atoms with Crippen molar-refractivity contribution in [3.63, 3.8) is 0 Å². The fraction of sp³-hybridized carbons (Fsp3) is 0.0909. The molecule has 78 valence electrons. The molecule has 0 saturated carbocycles. The van der Waals surface area contributed by atoms with E-state index in [0.29, 0.717) is 5.36 Å². The van der Waals surface area contributed by atoms with Crippen LogP contribution in [0.3, 0.4) is 0 Å². The van der Waals surface area contributed by atoms with Crippen LogP contribution in [-0.2, 0) is 0 Å². The third-order valence-corrected chi connectivity index (χ3v) is 2.08. The molecule has 0 bridgehead atoms. The van der Waals surface area contributed by atoms with E-state index in [1.165, 1.54) is 11.8 Å². The summed E-state index contributed by atoms with van der Waals surface area (Å²) in [5.41, 5.74) is 2.22. The zero-order valence-corrected chi connectivity index (χ0v) is 9.16. The molecule has 0 atom stereocenters. The van der Waals surface area contributed by atoms with E-state index in [9.17, 15) is 0 Å². The van der Waals surface area contributed by atoms with Crippen molar-refractivity contribution >= 4 is 12.4 Å². The summed E-state index contributed by atoms with van der Waals surface area (Å²) in [5.74, 6) is 0. The van der Waals surface area contributed by atoms with Gasteiger partial charge in [-0.2, -0.15) is 5.10 Å². The summed E-state index contributed by atoms with van der Waals surface area (Å²) in [5, 5.41) is 11.9. The maximum atomic E-state index is 7.33. The van der Waals surface area contributed by atoms with E-state index in [0.717, 1.165) is 5.69 Å². The van der Waals surface area contributed by atoms with Crippen molar-refractivity contribution in [3.8, 4) is 5.69 Å². The molecular weight excluding hydrogens is 210 g/mol. The minimum Gasteiger partial charge on any atom is -0.299 e. The molecule has 0 aliphatic heterocycles. The van der Waals surface area contributed by atoms with Gasteiger partial charge in [-0.25, -0.2) is 4.68 Å². The van der Waals surface area contributed by atoms with Gasteiger partial charge in [0.15, 0.2) is 0 Å². The molecular formula is C11H12ClN3. The Hall–Kier alpha value is -1.61. The van der Waals surface area contributed by atoms with E-state index in [2.05, 4.69) is 5.10 Å². The zero-order chi connectivity index (χ0) is 9.97. The molecule has 1 aromatic carbocycles. The van der Waals surface area contributed by atoms with Crippen molar-refractivity contribution < 1.29 is 0 Å². The third kappa shape index (κ3) is 2.44. The van der Waals surface area contributed by atoms with Crippen LogP contribution in [0.2, 0.25) is 0 Å². The largest absolute Gasteiger partial charge is 0.299 e. The Labute approximate surface area is 94.3 Å². The monoisotopic (exact) mass is 221 g/mol. The number of benzene rings is 1. The van der Waals surface area contributed by atoms with Crippen molar-refractivity contribution in [3.05, 3.63) is 53.6 Å². The lowest BCUT2D eigenvalue weighted by atomic mass is 10.2. The van der Waals surface area contributed by atoms with Crippen LogP contribution in [-0.4, -0.2) is 9.78 Å². The number of hydrogen-bond donors (Lipinski definition) is 1. The molecule has 0 spiro atoms. The van der Waals surface area contributed by atoms with Gasteiger partial charge in [-0.1, -0.05) is 18.2 Å². The molecule has 0 unspecified atom stereocenters. The van der Waals surface area contributed by atoms with E-state index in [-0.39, 0.29) is 12.4 Å². The molecule has 15 heavy (non-hydrogen) atoms. The van der Waals surface area contributed by atoms with Crippen molar-refractivity contribution in [1.29, 1.82) is 5.41 Å². The van der Waals surface area contributed by atoms with Crippen molar-refractivity contribution in [1.82, 2.24) is 9.78 Å². The average molecular weight is 222 g/mol. The highest BCUT2D eigenvalue weighted by Gasteiger charge is 1.97. The predicted molar refractivity (Wildman–Crippen MR) is 61.4 cm³/mol. The van der Waals surface area contributed by atoms with Crippen LogP contribution in [0.15, 0.2) is 42.7 Å². The van der Waals surface area contributed by atoms with Crippen LogP contribution in [0.1, 0.15) is 5.56 Å². The summed E-state index contributed by atoms with van der Waals surface area (Å²) in [6.45, 7) is 2.04. The predicted octanol–water partition coefficient (Wildman–Crippen LogP) is 2.08. The summed E-state index contributed by atoms with van der Waals surface area (Å²) in [6.07, 6.45) is 3.33. The summed E-state index contributed by atoms with van der Waals surface area (Å²) in [7, 11) is 0. The highest BCUT2D eigenvalue weighted by Crippen LogP contribution is 2.10. The van der Waals surface area contributed by atoms with Crippen LogP contribution in [0.5, 0.6) is 0 Å². The van der Waals surface area contributed by atoms with Gasteiger partial charge in [-0.3, -0.25) is 5.41 Å². The van der Waals surface area contributed by atoms with E-state index in [4.69, 9.17) is 5.41 Å². The summed E-state index contributed by atoms with van der Waals surface area (Å²) in [4.78, 5) is 0. The second kappa shape index (κ2) is 4.75. The van der Waals surface area contributed by atoms with Gasteiger partial charge in [0.2, 0.25) is 0 Å². The highest BCUT2D eigenvalue weighted by molar-refractivity contribution is 5.85. The number of aromatic nitrogens is 2. The van der Waals surface area contributed by atoms with Crippen molar-refractivity contribution in [2.24, 2.45) is 0 Å².